The van der Waals surface area contributed by atoms with Crippen LogP contribution in [-0.2, 0) is 12.8 Å². The summed E-state index contributed by atoms with van der Waals surface area (Å²) in [5, 5.41) is 3.97. The molecule has 0 saturated heterocycles. The first-order valence-corrected chi connectivity index (χ1v) is 5.88. The number of thiophene rings is 1. The number of hydrogen-bond donors (Lipinski definition) is 0. The fourth-order valence-corrected chi connectivity index (χ4v) is 2.40. The molecule has 76 valence electrons. The average Bonchev–Trinajstić information content (AvgIpc) is 2.75. The number of aldehydes is 1. The molecule has 0 bridgehead atoms. The van der Waals surface area contributed by atoms with E-state index in [0.717, 1.165) is 24.7 Å². The van der Waals surface area contributed by atoms with Crippen LogP contribution >= 0.6 is 11.3 Å². The van der Waals surface area contributed by atoms with Gasteiger partial charge in [0.15, 0.2) is 6.29 Å². The van der Waals surface area contributed by atoms with E-state index in [4.69, 9.17) is 0 Å². The van der Waals surface area contributed by atoms with Crippen LogP contribution in [0.25, 0.3) is 0 Å². The maximum atomic E-state index is 10.7. The van der Waals surface area contributed by atoms with Crippen LogP contribution in [0.15, 0.2) is 41.1 Å². The summed E-state index contributed by atoms with van der Waals surface area (Å²) in [5.41, 5.74) is 3.33. The molecule has 2 rings (SSSR count). The summed E-state index contributed by atoms with van der Waals surface area (Å²) in [6.45, 7) is 0. The van der Waals surface area contributed by atoms with Crippen molar-refractivity contribution in [3.8, 4) is 0 Å². The second-order valence-electron chi connectivity index (χ2n) is 3.46. The van der Waals surface area contributed by atoms with E-state index >= 15 is 0 Å². The summed E-state index contributed by atoms with van der Waals surface area (Å²) < 4.78 is 0. The zero-order valence-corrected chi connectivity index (χ0v) is 9.17. The van der Waals surface area contributed by atoms with Crippen LogP contribution in [0.1, 0.15) is 21.5 Å². The molecule has 15 heavy (non-hydrogen) atoms. The van der Waals surface area contributed by atoms with Crippen LogP contribution in [0.3, 0.4) is 0 Å². The molecule has 1 heterocycles. The van der Waals surface area contributed by atoms with E-state index in [0.29, 0.717) is 0 Å². The van der Waals surface area contributed by atoms with Crippen molar-refractivity contribution in [3.63, 3.8) is 0 Å². The van der Waals surface area contributed by atoms with Gasteiger partial charge in [-0.05, 0) is 29.3 Å². The maximum absolute atomic E-state index is 10.7. The van der Waals surface area contributed by atoms with Gasteiger partial charge >= 0.3 is 0 Å². The first-order valence-electron chi connectivity index (χ1n) is 4.94. The molecule has 0 aliphatic rings. The zero-order chi connectivity index (χ0) is 10.5. The Balaban J connectivity index is 2.02. The third-order valence-electron chi connectivity index (χ3n) is 2.43. The third-order valence-corrected chi connectivity index (χ3v) is 3.24. The van der Waals surface area contributed by atoms with Crippen LogP contribution in [0, 0.1) is 0 Å². The molecule has 0 aliphatic carbocycles. The molecule has 0 saturated carbocycles. The highest BCUT2D eigenvalue weighted by Crippen LogP contribution is 2.15. The lowest BCUT2D eigenvalue weighted by atomic mass is 10.0. The van der Waals surface area contributed by atoms with Gasteiger partial charge in [-0.25, -0.2) is 0 Å². The zero-order valence-electron chi connectivity index (χ0n) is 8.35. The first-order chi connectivity index (χ1) is 7.40. The minimum Gasteiger partial charge on any atom is -0.298 e. The molecule has 0 N–H and O–H groups in total. The van der Waals surface area contributed by atoms with E-state index in [1.54, 1.807) is 11.3 Å². The second-order valence-corrected chi connectivity index (χ2v) is 4.20. The first kappa shape index (κ1) is 10.1. The number of carbonyl (C=O) groups excluding carboxylic acids is 1. The van der Waals surface area contributed by atoms with E-state index in [1.165, 1.54) is 11.1 Å². The highest BCUT2D eigenvalue weighted by Gasteiger charge is 2.02. The quantitative estimate of drug-likeness (QED) is 0.716. The van der Waals surface area contributed by atoms with Crippen molar-refractivity contribution in [1.82, 2.24) is 0 Å². The van der Waals surface area contributed by atoms with Crippen molar-refractivity contribution < 1.29 is 4.79 Å². The fraction of sp³-hybridized carbons (Fsp3) is 0.154. The Bertz CT molecular complexity index is 431. The highest BCUT2D eigenvalue weighted by atomic mass is 32.1. The van der Waals surface area contributed by atoms with Crippen LogP contribution in [0.2, 0.25) is 0 Å². The Hall–Kier alpha value is -1.41. The summed E-state index contributed by atoms with van der Waals surface area (Å²) in [6, 6.07) is 10.3. The van der Waals surface area contributed by atoms with Crippen molar-refractivity contribution in [3.05, 3.63) is 57.8 Å². The lowest BCUT2D eigenvalue weighted by molar-refractivity contribution is 0.112. The average molecular weight is 216 g/mol. The van der Waals surface area contributed by atoms with E-state index in [1.807, 2.05) is 23.6 Å². The standard InChI is InChI=1S/C13H12OS/c14-8-13-10-15-9-12(13)7-6-11-4-2-1-3-5-11/h1-5,8-10H,6-7H2. The van der Waals surface area contributed by atoms with Gasteiger partial charge in [0, 0.05) is 10.9 Å². The van der Waals surface area contributed by atoms with E-state index in [2.05, 4.69) is 17.5 Å². The predicted molar refractivity (Wildman–Crippen MR) is 63.6 cm³/mol. The van der Waals surface area contributed by atoms with Gasteiger partial charge < -0.3 is 0 Å². The van der Waals surface area contributed by atoms with Crippen molar-refractivity contribution in [2.24, 2.45) is 0 Å². The summed E-state index contributed by atoms with van der Waals surface area (Å²) >= 11 is 1.59. The highest BCUT2D eigenvalue weighted by molar-refractivity contribution is 7.08. The monoisotopic (exact) mass is 216 g/mol. The lowest BCUT2D eigenvalue weighted by Crippen LogP contribution is -1.92. The maximum Gasteiger partial charge on any atom is 0.151 e. The molecule has 0 fully saturated rings. The Morgan fingerprint density at radius 3 is 2.60 bits per heavy atom. The molecule has 0 aliphatic heterocycles. The summed E-state index contributed by atoms with van der Waals surface area (Å²) in [6.07, 6.45) is 2.89. The summed E-state index contributed by atoms with van der Waals surface area (Å²) in [4.78, 5) is 10.7. The summed E-state index contributed by atoms with van der Waals surface area (Å²) in [5.74, 6) is 0. The molecule has 0 unspecified atom stereocenters. The summed E-state index contributed by atoms with van der Waals surface area (Å²) in [7, 11) is 0. The predicted octanol–water partition coefficient (Wildman–Crippen LogP) is 3.35. The van der Waals surface area contributed by atoms with Gasteiger partial charge in [-0.2, -0.15) is 11.3 Å². The molecule has 0 atom stereocenters. The molecule has 0 radical (unpaired) electrons. The van der Waals surface area contributed by atoms with Crippen molar-refractivity contribution in [2.75, 3.05) is 0 Å². The van der Waals surface area contributed by atoms with Gasteiger partial charge in [0.05, 0.1) is 0 Å². The minimum absolute atomic E-state index is 0.843. The number of hydrogen-bond acceptors (Lipinski definition) is 2. The third kappa shape index (κ3) is 2.54. The Labute approximate surface area is 93.4 Å². The molecule has 1 aromatic carbocycles. The smallest absolute Gasteiger partial charge is 0.151 e. The number of benzene rings is 1. The molecule has 0 amide bonds. The van der Waals surface area contributed by atoms with E-state index < -0.39 is 0 Å². The molecular weight excluding hydrogens is 204 g/mol. The van der Waals surface area contributed by atoms with Gasteiger partial charge in [0.1, 0.15) is 0 Å². The van der Waals surface area contributed by atoms with Crippen LogP contribution in [-0.4, -0.2) is 6.29 Å². The molecule has 0 spiro atoms. The van der Waals surface area contributed by atoms with E-state index in [-0.39, 0.29) is 0 Å². The largest absolute Gasteiger partial charge is 0.298 e. The van der Waals surface area contributed by atoms with Crippen LogP contribution in [0.5, 0.6) is 0 Å². The lowest BCUT2D eigenvalue weighted by Gasteiger charge is -2.00. The van der Waals surface area contributed by atoms with Crippen LogP contribution < -0.4 is 0 Å². The number of rotatable bonds is 4. The SMILES string of the molecule is O=Cc1cscc1CCc1ccccc1. The number of aryl methyl sites for hydroxylation is 2. The van der Waals surface area contributed by atoms with Crippen molar-refractivity contribution in [1.29, 1.82) is 0 Å². The minimum atomic E-state index is 0.843. The van der Waals surface area contributed by atoms with Crippen molar-refractivity contribution in [2.45, 2.75) is 12.8 Å². The van der Waals surface area contributed by atoms with Gasteiger partial charge in [0.25, 0.3) is 0 Å². The topological polar surface area (TPSA) is 17.1 Å². The van der Waals surface area contributed by atoms with Gasteiger partial charge in [-0.3, -0.25) is 4.79 Å². The molecule has 1 nitrogen and oxygen atoms in total. The van der Waals surface area contributed by atoms with Crippen LogP contribution in [0.4, 0.5) is 0 Å². The Morgan fingerprint density at radius 1 is 1.07 bits per heavy atom. The fourth-order valence-electron chi connectivity index (χ4n) is 1.56. The molecule has 2 aromatic rings. The van der Waals surface area contributed by atoms with Crippen molar-refractivity contribution >= 4 is 17.6 Å². The second kappa shape index (κ2) is 4.89. The number of carbonyl (C=O) groups is 1. The Morgan fingerprint density at radius 2 is 1.87 bits per heavy atom. The Kier molecular flexibility index (Phi) is 3.30. The molecule has 1 aromatic heterocycles. The van der Waals surface area contributed by atoms with Gasteiger partial charge in [0.2, 0.25) is 0 Å². The molecular formula is C13H12OS. The van der Waals surface area contributed by atoms with Gasteiger partial charge in [-0.1, -0.05) is 30.3 Å². The van der Waals surface area contributed by atoms with E-state index in [9.17, 15) is 4.79 Å². The van der Waals surface area contributed by atoms with Gasteiger partial charge in [-0.15, -0.1) is 0 Å². The molecule has 2 heteroatoms. The normalized spacial score (nSPS) is 10.1.